The Kier molecular flexibility index (Phi) is 7.75. The van der Waals surface area contributed by atoms with Gasteiger partial charge in [-0.25, -0.2) is 4.98 Å². The largest absolute Gasteiger partial charge is 0.487 e. The van der Waals surface area contributed by atoms with Crippen LogP contribution >= 0.6 is 39.1 Å². The molecule has 1 aliphatic rings. The Hall–Kier alpha value is -2.67. The zero-order valence-corrected chi connectivity index (χ0v) is 22.6. The van der Waals surface area contributed by atoms with Crippen molar-refractivity contribution in [3.05, 3.63) is 102 Å². The standard InChI is InChI=1S/C28H24BrCl2N3O2/c29-21-9-12-25-23(15-21)28(35)34(27(33-25)20-4-2-1-3-5-20)32-16-19-8-13-26(24(31)14-19)36-17-18-6-10-22(30)11-7-18/h6-16,20H,1-5,17H2. The molecule has 1 heterocycles. The summed E-state index contributed by atoms with van der Waals surface area (Å²) in [5.74, 6) is 1.50. The molecule has 4 aromatic rings. The van der Waals surface area contributed by atoms with E-state index in [0.717, 1.165) is 47.1 Å². The molecule has 0 saturated heterocycles. The second-order valence-corrected chi connectivity index (χ2v) is 10.7. The molecular formula is C28H24BrCl2N3O2. The number of ether oxygens (including phenoxy) is 1. The fourth-order valence-electron chi connectivity index (χ4n) is 4.48. The number of halogens is 3. The first-order valence-corrected chi connectivity index (χ1v) is 13.5. The molecule has 5 rings (SSSR count). The second-order valence-electron chi connectivity index (χ2n) is 8.93. The Bertz CT molecular complexity index is 1480. The van der Waals surface area contributed by atoms with E-state index < -0.39 is 0 Å². The third kappa shape index (κ3) is 5.66. The Morgan fingerprint density at radius 3 is 2.56 bits per heavy atom. The number of nitrogens with zero attached hydrogens (tertiary/aromatic N) is 3. The molecule has 1 aromatic heterocycles. The van der Waals surface area contributed by atoms with Crippen LogP contribution in [0.4, 0.5) is 0 Å². The first-order valence-electron chi connectivity index (χ1n) is 11.9. The van der Waals surface area contributed by atoms with E-state index >= 15 is 0 Å². The lowest BCUT2D eigenvalue weighted by atomic mass is 9.88. The highest BCUT2D eigenvalue weighted by atomic mass is 79.9. The minimum absolute atomic E-state index is 0.174. The average molecular weight is 585 g/mol. The van der Waals surface area contributed by atoms with E-state index in [-0.39, 0.29) is 11.5 Å². The van der Waals surface area contributed by atoms with Gasteiger partial charge in [0.1, 0.15) is 18.2 Å². The lowest BCUT2D eigenvalue weighted by Crippen LogP contribution is -2.25. The van der Waals surface area contributed by atoms with E-state index in [2.05, 4.69) is 21.0 Å². The van der Waals surface area contributed by atoms with E-state index in [1.54, 1.807) is 24.4 Å². The molecule has 0 atom stereocenters. The molecule has 0 radical (unpaired) electrons. The number of rotatable bonds is 6. The number of hydrogen-bond acceptors (Lipinski definition) is 4. The zero-order chi connectivity index (χ0) is 25.1. The summed E-state index contributed by atoms with van der Waals surface area (Å²) in [7, 11) is 0. The van der Waals surface area contributed by atoms with E-state index in [0.29, 0.717) is 33.3 Å². The van der Waals surface area contributed by atoms with Crippen LogP contribution in [-0.4, -0.2) is 15.9 Å². The molecular weight excluding hydrogens is 561 g/mol. The molecule has 0 bridgehead atoms. The molecule has 1 aliphatic carbocycles. The summed E-state index contributed by atoms with van der Waals surface area (Å²) < 4.78 is 8.16. The van der Waals surface area contributed by atoms with Gasteiger partial charge < -0.3 is 4.74 Å². The highest BCUT2D eigenvalue weighted by Crippen LogP contribution is 2.32. The Morgan fingerprint density at radius 2 is 1.81 bits per heavy atom. The maximum Gasteiger partial charge on any atom is 0.282 e. The van der Waals surface area contributed by atoms with Crippen molar-refractivity contribution in [2.24, 2.45) is 5.10 Å². The third-order valence-electron chi connectivity index (χ3n) is 6.39. The summed E-state index contributed by atoms with van der Waals surface area (Å²) in [4.78, 5) is 18.3. The summed E-state index contributed by atoms with van der Waals surface area (Å²) >= 11 is 15.9. The molecule has 0 unspecified atom stereocenters. The molecule has 184 valence electrons. The summed E-state index contributed by atoms with van der Waals surface area (Å²) in [6.45, 7) is 0.378. The van der Waals surface area contributed by atoms with Crippen LogP contribution in [0.2, 0.25) is 10.0 Å². The Labute approximate surface area is 227 Å². The zero-order valence-electron chi connectivity index (χ0n) is 19.5. The van der Waals surface area contributed by atoms with Crippen LogP contribution < -0.4 is 10.3 Å². The SMILES string of the molecule is O=c1c2cc(Br)ccc2nc(C2CCCCC2)n1N=Cc1ccc(OCc2ccc(Cl)cc2)c(Cl)c1. The van der Waals surface area contributed by atoms with Gasteiger partial charge in [0.2, 0.25) is 0 Å². The lowest BCUT2D eigenvalue weighted by Gasteiger charge is -2.22. The van der Waals surface area contributed by atoms with Crippen LogP contribution in [0.3, 0.4) is 0 Å². The molecule has 8 heteroatoms. The van der Waals surface area contributed by atoms with Crippen molar-refractivity contribution in [2.45, 2.75) is 44.6 Å². The fraction of sp³-hybridized carbons (Fsp3) is 0.250. The van der Waals surface area contributed by atoms with Gasteiger partial charge in [0.15, 0.2) is 0 Å². The van der Waals surface area contributed by atoms with Gasteiger partial charge in [-0.1, -0.05) is 70.5 Å². The molecule has 0 spiro atoms. The predicted octanol–water partition coefficient (Wildman–Crippen LogP) is 7.97. The van der Waals surface area contributed by atoms with Crippen LogP contribution in [0.15, 0.2) is 75.0 Å². The van der Waals surface area contributed by atoms with Gasteiger partial charge >= 0.3 is 0 Å². The van der Waals surface area contributed by atoms with Gasteiger partial charge in [-0.2, -0.15) is 9.78 Å². The van der Waals surface area contributed by atoms with Crippen molar-refractivity contribution in [3.63, 3.8) is 0 Å². The maximum atomic E-state index is 13.5. The van der Waals surface area contributed by atoms with E-state index in [4.69, 9.17) is 32.9 Å². The van der Waals surface area contributed by atoms with E-state index in [1.807, 2.05) is 42.5 Å². The van der Waals surface area contributed by atoms with Crippen LogP contribution in [0.25, 0.3) is 10.9 Å². The first kappa shape index (κ1) is 25.0. The quantitative estimate of drug-likeness (QED) is 0.216. The van der Waals surface area contributed by atoms with Crippen molar-refractivity contribution in [1.29, 1.82) is 0 Å². The number of fused-ring (bicyclic) bond motifs is 1. The first-order chi connectivity index (χ1) is 17.5. The van der Waals surface area contributed by atoms with Gasteiger partial charge in [-0.15, -0.1) is 0 Å². The molecule has 1 fully saturated rings. The molecule has 0 N–H and O–H groups in total. The average Bonchev–Trinajstić information content (AvgIpc) is 2.89. The number of aromatic nitrogens is 2. The summed E-state index contributed by atoms with van der Waals surface area (Å²) in [6.07, 6.45) is 7.15. The summed E-state index contributed by atoms with van der Waals surface area (Å²) in [6, 6.07) is 18.5. The van der Waals surface area contributed by atoms with Gasteiger partial charge in [0.05, 0.1) is 22.1 Å². The summed E-state index contributed by atoms with van der Waals surface area (Å²) in [5.41, 5.74) is 2.27. The normalized spacial score (nSPS) is 14.5. The molecule has 3 aromatic carbocycles. The van der Waals surface area contributed by atoms with Crippen molar-refractivity contribution < 1.29 is 4.74 Å². The third-order valence-corrected chi connectivity index (χ3v) is 7.43. The van der Waals surface area contributed by atoms with E-state index in [1.165, 1.54) is 11.1 Å². The number of benzene rings is 3. The highest BCUT2D eigenvalue weighted by molar-refractivity contribution is 9.10. The fourth-order valence-corrected chi connectivity index (χ4v) is 5.21. The highest BCUT2D eigenvalue weighted by Gasteiger charge is 2.22. The van der Waals surface area contributed by atoms with Crippen LogP contribution in [-0.2, 0) is 6.61 Å². The van der Waals surface area contributed by atoms with E-state index in [9.17, 15) is 4.79 Å². The molecule has 5 nitrogen and oxygen atoms in total. The topological polar surface area (TPSA) is 56.5 Å². The Balaban J connectivity index is 1.43. The molecule has 0 aliphatic heterocycles. The van der Waals surface area contributed by atoms with Crippen molar-refractivity contribution in [2.75, 3.05) is 0 Å². The Morgan fingerprint density at radius 1 is 1.03 bits per heavy atom. The lowest BCUT2D eigenvalue weighted by molar-refractivity contribution is 0.306. The molecule has 0 amide bonds. The monoisotopic (exact) mass is 583 g/mol. The van der Waals surface area contributed by atoms with Gasteiger partial charge in [-0.05, 0) is 72.5 Å². The van der Waals surface area contributed by atoms with Crippen LogP contribution in [0.5, 0.6) is 5.75 Å². The van der Waals surface area contributed by atoms with Crippen molar-refractivity contribution in [1.82, 2.24) is 9.66 Å². The smallest absolute Gasteiger partial charge is 0.282 e. The maximum absolute atomic E-state index is 13.5. The summed E-state index contributed by atoms with van der Waals surface area (Å²) in [5, 5.41) is 6.27. The minimum Gasteiger partial charge on any atom is -0.487 e. The van der Waals surface area contributed by atoms with Crippen LogP contribution in [0, 0.1) is 0 Å². The van der Waals surface area contributed by atoms with Crippen LogP contribution in [0.1, 0.15) is 55.0 Å². The van der Waals surface area contributed by atoms with Gasteiger partial charge in [0, 0.05) is 15.4 Å². The van der Waals surface area contributed by atoms with Gasteiger partial charge in [-0.3, -0.25) is 4.79 Å². The van der Waals surface area contributed by atoms with Gasteiger partial charge in [0.25, 0.3) is 5.56 Å². The van der Waals surface area contributed by atoms with Crippen molar-refractivity contribution in [3.8, 4) is 5.75 Å². The molecule has 1 saturated carbocycles. The minimum atomic E-state index is -0.174. The predicted molar refractivity (Wildman–Crippen MR) is 150 cm³/mol. The second kappa shape index (κ2) is 11.2. The number of hydrogen-bond donors (Lipinski definition) is 0. The van der Waals surface area contributed by atoms with Crippen molar-refractivity contribution >= 4 is 56.2 Å². The molecule has 36 heavy (non-hydrogen) atoms.